The lowest BCUT2D eigenvalue weighted by Crippen LogP contribution is -2.39. The predicted octanol–water partition coefficient (Wildman–Crippen LogP) is 1.57. The van der Waals surface area contributed by atoms with Crippen LogP contribution in [0.5, 0.6) is 0 Å². The Bertz CT molecular complexity index is 224. The van der Waals surface area contributed by atoms with Crippen LogP contribution in [0.1, 0.15) is 19.3 Å². The normalized spacial score (nSPS) is 22.9. The van der Waals surface area contributed by atoms with Crippen molar-refractivity contribution in [3.8, 4) is 0 Å². The Morgan fingerprint density at radius 2 is 2.46 bits per heavy atom. The van der Waals surface area contributed by atoms with Crippen molar-refractivity contribution in [1.29, 1.82) is 0 Å². The summed E-state index contributed by atoms with van der Waals surface area (Å²) < 4.78 is 0. The van der Waals surface area contributed by atoms with Gasteiger partial charge in [0.25, 0.3) is 0 Å². The van der Waals surface area contributed by atoms with E-state index in [4.69, 9.17) is 0 Å². The molecular formula is C10H17N3. The largest absolute Gasteiger partial charge is 0.370 e. The third kappa shape index (κ3) is 2.49. The van der Waals surface area contributed by atoms with E-state index in [0.29, 0.717) is 6.04 Å². The molecule has 13 heavy (non-hydrogen) atoms. The fourth-order valence-electron chi connectivity index (χ4n) is 1.77. The zero-order valence-corrected chi connectivity index (χ0v) is 7.84. The highest BCUT2D eigenvalue weighted by atomic mass is 15.0. The Morgan fingerprint density at radius 1 is 1.46 bits per heavy atom. The molecule has 0 radical (unpaired) electrons. The molecule has 1 aromatic rings. The van der Waals surface area contributed by atoms with Crippen molar-refractivity contribution in [3.05, 3.63) is 18.3 Å². The fraction of sp³-hybridized carbons (Fsp3) is 0.600. The van der Waals surface area contributed by atoms with E-state index in [2.05, 4.69) is 21.7 Å². The van der Waals surface area contributed by atoms with Crippen molar-refractivity contribution in [1.82, 2.24) is 10.3 Å². The minimum Gasteiger partial charge on any atom is -0.370 e. The van der Waals surface area contributed by atoms with Gasteiger partial charge in [-0.1, -0.05) is 6.42 Å². The molecule has 72 valence electrons. The zero-order valence-electron chi connectivity index (χ0n) is 7.84. The van der Waals surface area contributed by atoms with E-state index in [1.165, 1.54) is 25.8 Å². The molecule has 2 heterocycles. The summed E-state index contributed by atoms with van der Waals surface area (Å²) in [5.74, 6) is 1.12. The second kappa shape index (κ2) is 4.33. The molecule has 3 N–H and O–H groups in total. The zero-order chi connectivity index (χ0) is 8.93. The molecule has 1 atom stereocenters. The Hall–Kier alpha value is -0.960. The van der Waals surface area contributed by atoms with Gasteiger partial charge in [0.2, 0.25) is 0 Å². The lowest BCUT2D eigenvalue weighted by atomic mass is 10.1. The SMILES string of the molecule is c1c[nH]c(NCC2CCCCN2)c1. The van der Waals surface area contributed by atoms with Gasteiger partial charge >= 0.3 is 0 Å². The van der Waals surface area contributed by atoms with Crippen molar-refractivity contribution in [2.45, 2.75) is 25.3 Å². The van der Waals surface area contributed by atoms with Crippen LogP contribution in [0.3, 0.4) is 0 Å². The van der Waals surface area contributed by atoms with Gasteiger partial charge in [-0.15, -0.1) is 0 Å². The fourth-order valence-corrected chi connectivity index (χ4v) is 1.77. The van der Waals surface area contributed by atoms with E-state index < -0.39 is 0 Å². The first kappa shape index (κ1) is 8.63. The summed E-state index contributed by atoms with van der Waals surface area (Å²) in [5, 5.41) is 6.88. The summed E-state index contributed by atoms with van der Waals surface area (Å²) >= 11 is 0. The maximum atomic E-state index is 3.51. The smallest absolute Gasteiger partial charge is 0.103 e. The van der Waals surface area contributed by atoms with E-state index in [0.717, 1.165) is 12.4 Å². The number of anilines is 1. The second-order valence-electron chi connectivity index (χ2n) is 3.61. The first-order valence-corrected chi connectivity index (χ1v) is 5.06. The third-order valence-electron chi connectivity index (χ3n) is 2.55. The number of H-pyrrole nitrogens is 1. The lowest BCUT2D eigenvalue weighted by molar-refractivity contribution is 0.414. The molecule has 3 nitrogen and oxygen atoms in total. The molecule has 1 saturated heterocycles. The number of aromatic nitrogens is 1. The average Bonchev–Trinajstić information content (AvgIpc) is 2.69. The average molecular weight is 179 g/mol. The van der Waals surface area contributed by atoms with Crippen LogP contribution in [0.15, 0.2) is 18.3 Å². The van der Waals surface area contributed by atoms with Gasteiger partial charge in [0.15, 0.2) is 0 Å². The quantitative estimate of drug-likeness (QED) is 0.659. The molecule has 1 unspecified atom stereocenters. The van der Waals surface area contributed by atoms with Gasteiger partial charge < -0.3 is 15.6 Å². The van der Waals surface area contributed by atoms with Gasteiger partial charge in [0.1, 0.15) is 5.82 Å². The number of aromatic amines is 1. The summed E-state index contributed by atoms with van der Waals surface area (Å²) in [4.78, 5) is 3.14. The van der Waals surface area contributed by atoms with Crippen LogP contribution in [0, 0.1) is 0 Å². The van der Waals surface area contributed by atoms with Crippen LogP contribution in [-0.2, 0) is 0 Å². The first-order chi connectivity index (χ1) is 6.45. The van der Waals surface area contributed by atoms with E-state index in [1.54, 1.807) is 0 Å². The molecule has 0 saturated carbocycles. The molecule has 1 aliphatic heterocycles. The van der Waals surface area contributed by atoms with E-state index in [1.807, 2.05) is 12.3 Å². The first-order valence-electron chi connectivity index (χ1n) is 5.06. The van der Waals surface area contributed by atoms with Crippen LogP contribution in [0.4, 0.5) is 5.82 Å². The standard InChI is InChI=1S/C10H17N3/c1-2-6-11-9(4-1)8-13-10-5-3-7-12-10/h3,5,7,9,11-13H,1-2,4,6,8H2. The van der Waals surface area contributed by atoms with Gasteiger partial charge in [-0.05, 0) is 31.5 Å². The third-order valence-corrected chi connectivity index (χ3v) is 2.55. The maximum absolute atomic E-state index is 3.51. The number of nitrogens with one attached hydrogen (secondary N) is 3. The molecule has 0 aliphatic carbocycles. The Morgan fingerprint density at radius 3 is 3.15 bits per heavy atom. The van der Waals surface area contributed by atoms with Crippen LogP contribution in [0.25, 0.3) is 0 Å². The van der Waals surface area contributed by atoms with Gasteiger partial charge in [0.05, 0.1) is 0 Å². The van der Waals surface area contributed by atoms with Crippen LogP contribution in [-0.4, -0.2) is 24.1 Å². The molecule has 1 fully saturated rings. The molecule has 1 aromatic heterocycles. The molecule has 2 rings (SSSR count). The molecular weight excluding hydrogens is 162 g/mol. The Kier molecular flexibility index (Phi) is 2.87. The van der Waals surface area contributed by atoms with Gasteiger partial charge in [-0.3, -0.25) is 0 Å². The molecule has 0 aromatic carbocycles. The summed E-state index contributed by atoms with van der Waals surface area (Å²) in [6, 6.07) is 4.72. The monoisotopic (exact) mass is 179 g/mol. The van der Waals surface area contributed by atoms with Crippen LogP contribution < -0.4 is 10.6 Å². The van der Waals surface area contributed by atoms with E-state index >= 15 is 0 Å². The Labute approximate surface area is 78.9 Å². The molecule has 1 aliphatic rings. The van der Waals surface area contributed by atoms with Gasteiger partial charge in [-0.2, -0.15) is 0 Å². The van der Waals surface area contributed by atoms with Crippen molar-refractivity contribution in [2.75, 3.05) is 18.4 Å². The number of piperidine rings is 1. The van der Waals surface area contributed by atoms with Crippen LogP contribution in [0.2, 0.25) is 0 Å². The summed E-state index contributed by atoms with van der Waals surface area (Å²) in [5.41, 5.74) is 0. The highest BCUT2D eigenvalue weighted by molar-refractivity contribution is 5.34. The second-order valence-corrected chi connectivity index (χ2v) is 3.61. The maximum Gasteiger partial charge on any atom is 0.103 e. The number of hydrogen-bond donors (Lipinski definition) is 3. The highest BCUT2D eigenvalue weighted by Gasteiger charge is 2.11. The molecule has 3 heteroatoms. The molecule has 0 amide bonds. The van der Waals surface area contributed by atoms with Crippen molar-refractivity contribution in [3.63, 3.8) is 0 Å². The van der Waals surface area contributed by atoms with Crippen molar-refractivity contribution >= 4 is 5.82 Å². The van der Waals surface area contributed by atoms with Crippen molar-refractivity contribution in [2.24, 2.45) is 0 Å². The summed E-state index contributed by atoms with van der Waals surface area (Å²) in [7, 11) is 0. The summed E-state index contributed by atoms with van der Waals surface area (Å²) in [6.45, 7) is 2.21. The predicted molar refractivity (Wildman–Crippen MR) is 54.9 cm³/mol. The Balaban J connectivity index is 1.72. The van der Waals surface area contributed by atoms with Crippen LogP contribution >= 0.6 is 0 Å². The summed E-state index contributed by atoms with van der Waals surface area (Å²) in [6.07, 6.45) is 5.94. The lowest BCUT2D eigenvalue weighted by Gasteiger charge is -2.23. The molecule has 0 bridgehead atoms. The highest BCUT2D eigenvalue weighted by Crippen LogP contribution is 2.08. The van der Waals surface area contributed by atoms with Gasteiger partial charge in [0, 0.05) is 18.8 Å². The van der Waals surface area contributed by atoms with Gasteiger partial charge in [-0.25, -0.2) is 0 Å². The minimum absolute atomic E-state index is 0.650. The van der Waals surface area contributed by atoms with Crippen molar-refractivity contribution < 1.29 is 0 Å². The minimum atomic E-state index is 0.650. The molecule has 0 spiro atoms. The number of hydrogen-bond acceptors (Lipinski definition) is 2. The van der Waals surface area contributed by atoms with E-state index in [9.17, 15) is 0 Å². The topological polar surface area (TPSA) is 39.9 Å². The number of rotatable bonds is 3. The van der Waals surface area contributed by atoms with E-state index in [-0.39, 0.29) is 0 Å².